The zero-order valence-corrected chi connectivity index (χ0v) is 13.3. The highest BCUT2D eigenvalue weighted by Gasteiger charge is 2.17. The number of carbonyl (C=O) groups is 2. The van der Waals surface area contributed by atoms with Gasteiger partial charge in [0.2, 0.25) is 5.91 Å². The second kappa shape index (κ2) is 8.67. The summed E-state index contributed by atoms with van der Waals surface area (Å²) in [6, 6.07) is 5.92. The van der Waals surface area contributed by atoms with E-state index in [0.717, 1.165) is 5.56 Å². The third-order valence-electron chi connectivity index (χ3n) is 3.08. The first-order chi connectivity index (χ1) is 9.95. The largest absolute Gasteiger partial charge is 0.465 e. The van der Waals surface area contributed by atoms with Gasteiger partial charge in [0, 0.05) is 7.05 Å². The number of benzene rings is 1. The summed E-state index contributed by atoms with van der Waals surface area (Å²) in [5, 5.41) is 0. The zero-order chi connectivity index (χ0) is 15.8. The zero-order valence-electron chi connectivity index (χ0n) is 12.5. The Kier molecular flexibility index (Phi) is 7.22. The minimum Gasteiger partial charge on any atom is -0.465 e. The quantitative estimate of drug-likeness (QED) is 0.726. The number of hydrogen-bond donors (Lipinski definition) is 0. The van der Waals surface area contributed by atoms with E-state index in [1.165, 1.54) is 23.9 Å². The van der Waals surface area contributed by atoms with E-state index in [1.54, 1.807) is 31.0 Å². The predicted octanol–water partition coefficient (Wildman–Crippen LogP) is 2.64. The lowest BCUT2D eigenvalue weighted by molar-refractivity contribution is -0.139. The molecular formula is C15H20FNO3S. The number of rotatable bonds is 7. The second-order valence-electron chi connectivity index (χ2n) is 4.53. The van der Waals surface area contributed by atoms with Gasteiger partial charge >= 0.3 is 5.97 Å². The highest BCUT2D eigenvalue weighted by molar-refractivity contribution is 8.00. The number of hydrogen-bond acceptors (Lipinski definition) is 4. The molecule has 4 nitrogen and oxygen atoms in total. The van der Waals surface area contributed by atoms with Crippen LogP contribution in [0.4, 0.5) is 4.39 Å². The molecule has 0 saturated heterocycles. The molecule has 1 aromatic rings. The number of nitrogens with zero attached hydrogens (tertiary/aromatic N) is 1. The van der Waals surface area contributed by atoms with E-state index >= 15 is 0 Å². The van der Waals surface area contributed by atoms with Crippen LogP contribution in [0.2, 0.25) is 0 Å². The topological polar surface area (TPSA) is 46.6 Å². The fraction of sp³-hybridized carbons (Fsp3) is 0.467. The van der Waals surface area contributed by atoms with Crippen LogP contribution in [-0.2, 0) is 14.3 Å². The van der Waals surface area contributed by atoms with Crippen LogP contribution in [0.15, 0.2) is 24.3 Å². The first-order valence-corrected chi connectivity index (χ1v) is 7.85. The molecule has 1 amide bonds. The summed E-state index contributed by atoms with van der Waals surface area (Å²) in [6.45, 7) is 3.96. The third kappa shape index (κ3) is 5.75. The van der Waals surface area contributed by atoms with Gasteiger partial charge in [0.1, 0.15) is 5.82 Å². The van der Waals surface area contributed by atoms with Gasteiger partial charge in [-0.25, -0.2) is 4.39 Å². The molecule has 1 rings (SSSR count). The Morgan fingerprint density at radius 1 is 1.29 bits per heavy atom. The van der Waals surface area contributed by atoms with E-state index in [4.69, 9.17) is 4.74 Å². The van der Waals surface area contributed by atoms with Gasteiger partial charge in [0.15, 0.2) is 0 Å². The summed E-state index contributed by atoms with van der Waals surface area (Å²) < 4.78 is 17.7. The maximum Gasteiger partial charge on any atom is 0.315 e. The van der Waals surface area contributed by atoms with Crippen molar-refractivity contribution < 1.29 is 18.7 Å². The maximum atomic E-state index is 12.9. The number of carbonyl (C=O) groups excluding carboxylic acids is 2. The number of halogens is 1. The van der Waals surface area contributed by atoms with Crippen molar-refractivity contribution in [3.8, 4) is 0 Å². The van der Waals surface area contributed by atoms with Crippen LogP contribution in [-0.4, -0.2) is 41.9 Å². The van der Waals surface area contributed by atoms with Crippen LogP contribution in [0.3, 0.4) is 0 Å². The lowest BCUT2D eigenvalue weighted by atomic mass is 10.1. The summed E-state index contributed by atoms with van der Waals surface area (Å²) in [5.41, 5.74) is 0.864. The summed E-state index contributed by atoms with van der Waals surface area (Å²) in [4.78, 5) is 24.8. The Balaban J connectivity index is 2.46. The van der Waals surface area contributed by atoms with Gasteiger partial charge in [-0.15, -0.1) is 11.8 Å². The molecule has 0 bridgehead atoms. The molecule has 0 heterocycles. The number of esters is 1. The molecule has 0 aliphatic heterocycles. The Bertz CT molecular complexity index is 478. The van der Waals surface area contributed by atoms with Crippen molar-refractivity contribution in [2.24, 2.45) is 0 Å². The van der Waals surface area contributed by atoms with Gasteiger partial charge in [-0.3, -0.25) is 9.59 Å². The summed E-state index contributed by atoms with van der Waals surface area (Å²) in [5.74, 6) is -0.324. The van der Waals surface area contributed by atoms with Crippen LogP contribution in [0.5, 0.6) is 0 Å². The second-order valence-corrected chi connectivity index (χ2v) is 5.52. The predicted molar refractivity (Wildman–Crippen MR) is 81.5 cm³/mol. The number of amides is 1. The molecule has 6 heteroatoms. The van der Waals surface area contributed by atoms with Gasteiger partial charge in [-0.1, -0.05) is 12.1 Å². The van der Waals surface area contributed by atoms with Crippen molar-refractivity contribution >= 4 is 23.6 Å². The normalized spacial score (nSPS) is 11.8. The molecule has 0 spiro atoms. The molecule has 1 atom stereocenters. The molecule has 0 N–H and O–H groups in total. The SMILES string of the molecule is CCOC(=O)CSCC(=O)N(C)C(C)c1ccc(F)cc1. The Labute approximate surface area is 128 Å². The van der Waals surface area contributed by atoms with E-state index in [0.29, 0.717) is 6.61 Å². The maximum absolute atomic E-state index is 12.9. The molecule has 0 aliphatic rings. The fourth-order valence-electron chi connectivity index (χ4n) is 1.71. The van der Waals surface area contributed by atoms with Gasteiger partial charge in [-0.05, 0) is 31.5 Å². The van der Waals surface area contributed by atoms with Crippen LogP contribution >= 0.6 is 11.8 Å². The first kappa shape index (κ1) is 17.5. The lowest BCUT2D eigenvalue weighted by Gasteiger charge is -2.25. The Morgan fingerprint density at radius 2 is 1.90 bits per heavy atom. The van der Waals surface area contributed by atoms with Gasteiger partial charge in [-0.2, -0.15) is 0 Å². The lowest BCUT2D eigenvalue weighted by Crippen LogP contribution is -2.31. The van der Waals surface area contributed by atoms with Crippen molar-refractivity contribution in [1.82, 2.24) is 4.90 Å². The highest BCUT2D eigenvalue weighted by Crippen LogP contribution is 2.20. The molecular weight excluding hydrogens is 293 g/mol. The smallest absolute Gasteiger partial charge is 0.315 e. The number of thioether (sulfide) groups is 1. The monoisotopic (exact) mass is 313 g/mol. The standard InChI is InChI=1S/C15H20FNO3S/c1-4-20-15(19)10-21-9-14(18)17(3)11(2)12-5-7-13(16)8-6-12/h5-8,11H,4,9-10H2,1-3H3. The minimum absolute atomic E-state index is 0.0823. The van der Waals surface area contributed by atoms with Crippen molar-refractivity contribution in [2.45, 2.75) is 19.9 Å². The van der Waals surface area contributed by atoms with Gasteiger partial charge < -0.3 is 9.64 Å². The van der Waals surface area contributed by atoms with Crippen molar-refractivity contribution in [3.63, 3.8) is 0 Å². The molecule has 1 aromatic carbocycles. The van der Waals surface area contributed by atoms with Crippen molar-refractivity contribution in [3.05, 3.63) is 35.6 Å². The summed E-state index contributed by atoms with van der Waals surface area (Å²) in [7, 11) is 1.70. The van der Waals surface area contributed by atoms with Gasteiger partial charge in [0.05, 0.1) is 24.2 Å². The molecule has 21 heavy (non-hydrogen) atoms. The highest BCUT2D eigenvalue weighted by atomic mass is 32.2. The molecule has 0 fully saturated rings. The van der Waals surface area contributed by atoms with Crippen LogP contribution < -0.4 is 0 Å². The van der Waals surface area contributed by atoms with Crippen LogP contribution in [0, 0.1) is 5.82 Å². The van der Waals surface area contributed by atoms with E-state index in [2.05, 4.69) is 0 Å². The Hall–Kier alpha value is -1.56. The number of ether oxygens (including phenoxy) is 1. The van der Waals surface area contributed by atoms with Crippen LogP contribution in [0.1, 0.15) is 25.5 Å². The van der Waals surface area contributed by atoms with Crippen molar-refractivity contribution in [1.29, 1.82) is 0 Å². The van der Waals surface area contributed by atoms with E-state index in [-0.39, 0.29) is 35.2 Å². The molecule has 0 saturated carbocycles. The van der Waals surface area contributed by atoms with Crippen LogP contribution in [0.25, 0.3) is 0 Å². The van der Waals surface area contributed by atoms with Gasteiger partial charge in [0.25, 0.3) is 0 Å². The van der Waals surface area contributed by atoms with E-state index < -0.39 is 0 Å². The third-order valence-corrected chi connectivity index (χ3v) is 3.97. The molecule has 0 aromatic heterocycles. The summed E-state index contributed by atoms with van der Waals surface area (Å²) in [6.07, 6.45) is 0. The molecule has 116 valence electrons. The molecule has 0 aliphatic carbocycles. The molecule has 0 radical (unpaired) electrons. The molecule has 1 unspecified atom stereocenters. The average Bonchev–Trinajstić information content (AvgIpc) is 2.46. The summed E-state index contributed by atoms with van der Waals surface area (Å²) >= 11 is 1.23. The minimum atomic E-state index is -0.315. The average molecular weight is 313 g/mol. The fourth-order valence-corrected chi connectivity index (χ4v) is 2.44. The van der Waals surface area contributed by atoms with E-state index in [1.807, 2.05) is 6.92 Å². The van der Waals surface area contributed by atoms with E-state index in [9.17, 15) is 14.0 Å². The van der Waals surface area contributed by atoms with Crippen molar-refractivity contribution in [2.75, 3.05) is 25.2 Å². The Morgan fingerprint density at radius 3 is 2.48 bits per heavy atom. The first-order valence-electron chi connectivity index (χ1n) is 6.70.